The van der Waals surface area contributed by atoms with Crippen LogP contribution in [0.3, 0.4) is 0 Å². The highest BCUT2D eigenvalue weighted by Gasteiger charge is 2.30. The fourth-order valence-electron chi connectivity index (χ4n) is 3.83. The Kier molecular flexibility index (Phi) is 5.02. The van der Waals surface area contributed by atoms with Gasteiger partial charge < -0.3 is 4.90 Å². The third-order valence-corrected chi connectivity index (χ3v) is 5.23. The molecule has 28 heavy (non-hydrogen) atoms. The lowest BCUT2D eigenvalue weighted by atomic mass is 9.86. The zero-order valence-electron chi connectivity index (χ0n) is 15.8. The zero-order chi connectivity index (χ0) is 19.5. The second-order valence-electron chi connectivity index (χ2n) is 7.08. The van der Waals surface area contributed by atoms with Crippen molar-refractivity contribution in [3.05, 3.63) is 93.7 Å². The summed E-state index contributed by atoms with van der Waals surface area (Å²) in [6.45, 7) is 0.441. The maximum absolute atomic E-state index is 13.4. The van der Waals surface area contributed by atoms with E-state index in [0.29, 0.717) is 6.54 Å². The van der Waals surface area contributed by atoms with E-state index in [0.717, 1.165) is 24.8 Å². The summed E-state index contributed by atoms with van der Waals surface area (Å²) < 4.78 is 1.20. The van der Waals surface area contributed by atoms with Crippen molar-refractivity contribution in [3.63, 3.8) is 0 Å². The summed E-state index contributed by atoms with van der Waals surface area (Å²) in [6, 6.07) is 15.0. The molecule has 0 bridgehead atoms. The highest BCUT2D eigenvalue weighted by atomic mass is 16.2. The third-order valence-electron chi connectivity index (χ3n) is 5.23. The minimum atomic E-state index is -0.238. The standard InChI is InChI=1S/C22H22N4O2/c1-25-21(27)12-11-19(24-25)22(28)26(15-16-6-5-13-23-14-16)20-10-4-8-17-7-2-3-9-18(17)20/h2-3,5-7,9,11-14,20H,4,8,10,15H2,1H3/t20-/m0/s1. The first-order valence-corrected chi connectivity index (χ1v) is 9.45. The first-order chi connectivity index (χ1) is 13.6. The minimum absolute atomic E-state index is 0.0308. The Hall–Kier alpha value is -3.28. The van der Waals surface area contributed by atoms with E-state index in [-0.39, 0.29) is 23.2 Å². The first-order valence-electron chi connectivity index (χ1n) is 9.45. The summed E-state index contributed by atoms with van der Waals surface area (Å²) in [6.07, 6.45) is 6.46. The van der Waals surface area contributed by atoms with Crippen LogP contribution in [0.4, 0.5) is 0 Å². The van der Waals surface area contributed by atoms with E-state index < -0.39 is 0 Å². The Labute approximate surface area is 163 Å². The summed E-state index contributed by atoms with van der Waals surface area (Å²) >= 11 is 0. The van der Waals surface area contributed by atoms with Crippen LogP contribution in [-0.2, 0) is 20.0 Å². The number of carbonyl (C=O) groups excluding carboxylic acids is 1. The predicted molar refractivity (Wildman–Crippen MR) is 106 cm³/mol. The molecule has 0 unspecified atom stereocenters. The fraction of sp³-hybridized carbons (Fsp3) is 0.273. The molecule has 1 aliphatic rings. The van der Waals surface area contributed by atoms with Crippen LogP contribution in [0.2, 0.25) is 0 Å². The van der Waals surface area contributed by atoms with Crippen molar-refractivity contribution in [2.45, 2.75) is 31.8 Å². The summed E-state index contributed by atoms with van der Waals surface area (Å²) in [5.41, 5.74) is 3.48. The summed E-state index contributed by atoms with van der Waals surface area (Å²) in [7, 11) is 1.56. The highest BCUT2D eigenvalue weighted by Crippen LogP contribution is 2.35. The van der Waals surface area contributed by atoms with Crippen molar-refractivity contribution in [1.29, 1.82) is 0 Å². The number of hydrogen-bond donors (Lipinski definition) is 0. The molecule has 4 rings (SSSR count). The van der Waals surface area contributed by atoms with Gasteiger partial charge in [0.15, 0.2) is 0 Å². The lowest BCUT2D eigenvalue weighted by Gasteiger charge is -2.36. The quantitative estimate of drug-likeness (QED) is 0.704. The number of fused-ring (bicyclic) bond motifs is 1. The van der Waals surface area contributed by atoms with Gasteiger partial charge in [-0.1, -0.05) is 30.3 Å². The van der Waals surface area contributed by atoms with Gasteiger partial charge >= 0.3 is 0 Å². The van der Waals surface area contributed by atoms with E-state index in [1.807, 2.05) is 29.2 Å². The number of hydrogen-bond acceptors (Lipinski definition) is 4. The van der Waals surface area contributed by atoms with E-state index in [1.54, 1.807) is 19.4 Å². The molecule has 1 aromatic carbocycles. The van der Waals surface area contributed by atoms with Crippen LogP contribution in [0.1, 0.15) is 46.1 Å². The van der Waals surface area contributed by atoms with Crippen LogP contribution >= 0.6 is 0 Å². The third kappa shape index (κ3) is 3.58. The van der Waals surface area contributed by atoms with Gasteiger partial charge in [0.25, 0.3) is 11.5 Å². The zero-order valence-corrected chi connectivity index (χ0v) is 15.8. The van der Waals surface area contributed by atoms with E-state index in [1.165, 1.54) is 27.9 Å². The van der Waals surface area contributed by atoms with Crippen molar-refractivity contribution in [3.8, 4) is 0 Å². The molecule has 6 nitrogen and oxygen atoms in total. The van der Waals surface area contributed by atoms with Gasteiger partial charge in [-0.15, -0.1) is 0 Å². The number of amides is 1. The second-order valence-corrected chi connectivity index (χ2v) is 7.08. The minimum Gasteiger partial charge on any atom is -0.326 e. The average Bonchev–Trinajstić information content (AvgIpc) is 2.74. The van der Waals surface area contributed by atoms with Gasteiger partial charge in [-0.05, 0) is 48.1 Å². The molecule has 142 valence electrons. The maximum atomic E-state index is 13.4. The van der Waals surface area contributed by atoms with Crippen molar-refractivity contribution in [1.82, 2.24) is 19.7 Å². The van der Waals surface area contributed by atoms with Crippen LogP contribution in [0.5, 0.6) is 0 Å². The smallest absolute Gasteiger partial charge is 0.275 e. The predicted octanol–water partition coefficient (Wildman–Crippen LogP) is 2.90. The molecule has 6 heteroatoms. The number of nitrogens with zero attached hydrogens (tertiary/aromatic N) is 4. The summed E-state index contributed by atoms with van der Waals surface area (Å²) in [4.78, 5) is 31.2. The number of benzene rings is 1. The van der Waals surface area contributed by atoms with Gasteiger partial charge in [-0.3, -0.25) is 14.6 Å². The summed E-state index contributed by atoms with van der Waals surface area (Å²) in [5.74, 6) is -0.179. The van der Waals surface area contributed by atoms with Gasteiger partial charge in [0, 0.05) is 32.1 Å². The van der Waals surface area contributed by atoms with Crippen LogP contribution in [0.15, 0.2) is 65.7 Å². The van der Waals surface area contributed by atoms with Crippen molar-refractivity contribution in [2.24, 2.45) is 7.05 Å². The molecule has 3 aromatic rings. The van der Waals surface area contributed by atoms with Gasteiger partial charge in [0.1, 0.15) is 5.69 Å². The molecule has 1 amide bonds. The van der Waals surface area contributed by atoms with Crippen LogP contribution in [0.25, 0.3) is 0 Å². The van der Waals surface area contributed by atoms with E-state index in [9.17, 15) is 9.59 Å². The molecule has 0 aliphatic heterocycles. The normalized spacial score (nSPS) is 15.7. The van der Waals surface area contributed by atoms with Crippen LogP contribution < -0.4 is 5.56 Å². The molecular formula is C22H22N4O2. The van der Waals surface area contributed by atoms with Crippen LogP contribution in [0, 0.1) is 0 Å². The molecule has 0 saturated heterocycles. The molecule has 0 saturated carbocycles. The Morgan fingerprint density at radius 1 is 1.18 bits per heavy atom. The number of aryl methyl sites for hydroxylation is 2. The lowest BCUT2D eigenvalue weighted by Crippen LogP contribution is -2.37. The van der Waals surface area contributed by atoms with E-state index in [4.69, 9.17) is 0 Å². The van der Waals surface area contributed by atoms with Crippen LogP contribution in [-0.4, -0.2) is 25.6 Å². The number of carbonyl (C=O) groups is 1. The molecule has 2 heterocycles. The van der Waals surface area contributed by atoms with Crippen molar-refractivity contribution in [2.75, 3.05) is 0 Å². The Balaban J connectivity index is 1.75. The van der Waals surface area contributed by atoms with Gasteiger partial charge in [-0.2, -0.15) is 5.10 Å². The van der Waals surface area contributed by atoms with E-state index >= 15 is 0 Å². The van der Waals surface area contributed by atoms with E-state index in [2.05, 4.69) is 22.2 Å². The first kappa shape index (κ1) is 18.1. The SMILES string of the molecule is Cn1nc(C(=O)N(Cc2cccnc2)[C@H]2CCCc3ccccc32)ccc1=O. The topological polar surface area (TPSA) is 68.1 Å². The molecule has 0 N–H and O–H groups in total. The molecule has 0 radical (unpaired) electrons. The fourth-order valence-corrected chi connectivity index (χ4v) is 3.83. The Morgan fingerprint density at radius 2 is 2.04 bits per heavy atom. The van der Waals surface area contributed by atoms with Crippen molar-refractivity contribution < 1.29 is 4.79 Å². The molecular weight excluding hydrogens is 352 g/mol. The Bertz CT molecular complexity index is 1050. The van der Waals surface area contributed by atoms with Gasteiger partial charge in [-0.25, -0.2) is 4.68 Å². The number of pyridine rings is 1. The average molecular weight is 374 g/mol. The molecule has 0 spiro atoms. The molecule has 0 fully saturated rings. The van der Waals surface area contributed by atoms with Gasteiger partial charge in [0.2, 0.25) is 0 Å². The molecule has 1 aliphatic carbocycles. The molecule has 2 aromatic heterocycles. The lowest BCUT2D eigenvalue weighted by molar-refractivity contribution is 0.0629. The molecule has 1 atom stereocenters. The number of rotatable bonds is 4. The highest BCUT2D eigenvalue weighted by molar-refractivity contribution is 5.92. The Morgan fingerprint density at radius 3 is 2.82 bits per heavy atom. The summed E-state index contributed by atoms with van der Waals surface area (Å²) in [5, 5.41) is 4.18. The largest absolute Gasteiger partial charge is 0.326 e. The van der Waals surface area contributed by atoms with Crippen molar-refractivity contribution >= 4 is 5.91 Å². The van der Waals surface area contributed by atoms with Gasteiger partial charge in [0.05, 0.1) is 6.04 Å². The second kappa shape index (κ2) is 7.76. The number of aromatic nitrogens is 3. The monoisotopic (exact) mass is 374 g/mol. The maximum Gasteiger partial charge on any atom is 0.275 e.